The van der Waals surface area contributed by atoms with E-state index in [1.807, 2.05) is 23.8 Å². The summed E-state index contributed by atoms with van der Waals surface area (Å²) in [7, 11) is 0. The molecule has 0 aliphatic heterocycles. The van der Waals surface area contributed by atoms with Gasteiger partial charge in [0.05, 0.1) is 11.7 Å². The van der Waals surface area contributed by atoms with Crippen LogP contribution < -0.4 is 11.1 Å². The second-order valence-corrected chi connectivity index (χ2v) is 3.68. The van der Waals surface area contributed by atoms with Gasteiger partial charge in [0, 0.05) is 5.38 Å². The van der Waals surface area contributed by atoms with Gasteiger partial charge in [0.1, 0.15) is 0 Å². The van der Waals surface area contributed by atoms with E-state index in [4.69, 9.17) is 5.73 Å². The smallest absolute Gasteiger partial charge is 0.241 e. The lowest BCUT2D eigenvalue weighted by molar-refractivity contribution is -0.117. The molecule has 13 heavy (non-hydrogen) atoms. The molecule has 1 heterocycles. The largest absolute Gasteiger partial charge is 0.324 e. The number of hydrogen-bond acceptors (Lipinski definition) is 3. The summed E-state index contributed by atoms with van der Waals surface area (Å²) < 4.78 is 0. The van der Waals surface area contributed by atoms with Crippen LogP contribution in [0.1, 0.15) is 19.8 Å². The minimum atomic E-state index is -0.384. The van der Waals surface area contributed by atoms with Gasteiger partial charge in [0.15, 0.2) is 0 Å². The molecule has 4 heteroatoms. The van der Waals surface area contributed by atoms with Gasteiger partial charge >= 0.3 is 0 Å². The van der Waals surface area contributed by atoms with Gasteiger partial charge in [-0.05, 0) is 17.9 Å². The molecule has 0 radical (unpaired) electrons. The van der Waals surface area contributed by atoms with Crippen LogP contribution in [0.5, 0.6) is 0 Å². The predicted molar refractivity (Wildman–Crippen MR) is 55.8 cm³/mol. The summed E-state index contributed by atoms with van der Waals surface area (Å²) in [5.41, 5.74) is 6.47. The minimum Gasteiger partial charge on any atom is -0.324 e. The monoisotopic (exact) mass is 198 g/mol. The van der Waals surface area contributed by atoms with Crippen LogP contribution in [0.15, 0.2) is 16.8 Å². The average Bonchev–Trinajstić information content (AvgIpc) is 2.57. The Kier molecular flexibility index (Phi) is 3.92. The van der Waals surface area contributed by atoms with Crippen LogP contribution in [0.25, 0.3) is 0 Å². The van der Waals surface area contributed by atoms with Crippen molar-refractivity contribution in [1.82, 2.24) is 0 Å². The molecule has 72 valence electrons. The van der Waals surface area contributed by atoms with E-state index < -0.39 is 0 Å². The molecule has 3 N–H and O–H groups in total. The third-order valence-corrected chi connectivity index (χ3v) is 2.41. The van der Waals surface area contributed by atoms with E-state index >= 15 is 0 Å². The first kappa shape index (κ1) is 10.2. The number of carbonyl (C=O) groups is 1. The second-order valence-electron chi connectivity index (χ2n) is 2.90. The van der Waals surface area contributed by atoms with E-state index in [-0.39, 0.29) is 11.9 Å². The average molecular weight is 198 g/mol. The van der Waals surface area contributed by atoms with Gasteiger partial charge in [-0.1, -0.05) is 13.3 Å². The SMILES string of the molecule is CCC[C@H](N)C(=O)Nc1ccsc1. The quantitative estimate of drug-likeness (QED) is 0.775. The number of anilines is 1. The van der Waals surface area contributed by atoms with Crippen molar-refractivity contribution >= 4 is 22.9 Å². The van der Waals surface area contributed by atoms with Gasteiger partial charge in [0.25, 0.3) is 0 Å². The van der Waals surface area contributed by atoms with Crippen molar-refractivity contribution in [3.8, 4) is 0 Å². The Morgan fingerprint density at radius 2 is 2.54 bits per heavy atom. The summed E-state index contributed by atoms with van der Waals surface area (Å²) in [5, 5.41) is 6.56. The van der Waals surface area contributed by atoms with Crippen molar-refractivity contribution in [3.63, 3.8) is 0 Å². The number of nitrogens with two attached hydrogens (primary N) is 1. The zero-order valence-electron chi connectivity index (χ0n) is 7.62. The lowest BCUT2D eigenvalue weighted by atomic mass is 10.2. The van der Waals surface area contributed by atoms with Gasteiger partial charge in [-0.3, -0.25) is 4.79 Å². The Labute approximate surface area is 81.9 Å². The van der Waals surface area contributed by atoms with E-state index in [1.165, 1.54) is 0 Å². The lowest BCUT2D eigenvalue weighted by Gasteiger charge is -2.09. The molecule has 0 fully saturated rings. The molecule has 0 spiro atoms. The van der Waals surface area contributed by atoms with Gasteiger partial charge < -0.3 is 11.1 Å². The van der Waals surface area contributed by atoms with Crippen LogP contribution in [0.4, 0.5) is 5.69 Å². The maximum absolute atomic E-state index is 11.4. The summed E-state index contributed by atoms with van der Waals surface area (Å²) in [4.78, 5) is 11.4. The Hall–Kier alpha value is -0.870. The molecule has 1 atom stereocenters. The Balaban J connectivity index is 2.41. The highest BCUT2D eigenvalue weighted by Crippen LogP contribution is 2.12. The first-order chi connectivity index (χ1) is 6.24. The third kappa shape index (κ3) is 3.16. The molecule has 0 unspecified atom stereocenters. The summed E-state index contributed by atoms with van der Waals surface area (Å²) in [6.07, 6.45) is 1.66. The van der Waals surface area contributed by atoms with E-state index in [2.05, 4.69) is 5.32 Å². The van der Waals surface area contributed by atoms with E-state index in [1.54, 1.807) is 11.3 Å². The lowest BCUT2D eigenvalue weighted by Crippen LogP contribution is -2.35. The van der Waals surface area contributed by atoms with Crippen LogP contribution in [0, 0.1) is 0 Å². The van der Waals surface area contributed by atoms with Gasteiger partial charge in [-0.25, -0.2) is 0 Å². The molecule has 0 aromatic carbocycles. The summed E-state index contributed by atoms with van der Waals surface area (Å²) >= 11 is 1.55. The van der Waals surface area contributed by atoms with E-state index in [0.29, 0.717) is 0 Å². The van der Waals surface area contributed by atoms with Crippen LogP contribution in [0.3, 0.4) is 0 Å². The number of nitrogens with one attached hydrogen (secondary N) is 1. The maximum atomic E-state index is 11.4. The topological polar surface area (TPSA) is 55.1 Å². The molecule has 0 bridgehead atoms. The number of hydrogen-bond donors (Lipinski definition) is 2. The molecule has 0 saturated heterocycles. The van der Waals surface area contributed by atoms with Gasteiger partial charge in [-0.15, -0.1) is 0 Å². The fourth-order valence-corrected chi connectivity index (χ4v) is 1.60. The number of rotatable bonds is 4. The maximum Gasteiger partial charge on any atom is 0.241 e. The third-order valence-electron chi connectivity index (χ3n) is 1.73. The fourth-order valence-electron chi connectivity index (χ4n) is 1.01. The van der Waals surface area contributed by atoms with Crippen molar-refractivity contribution in [3.05, 3.63) is 16.8 Å². The van der Waals surface area contributed by atoms with Crippen molar-refractivity contribution in [2.75, 3.05) is 5.32 Å². The first-order valence-electron chi connectivity index (χ1n) is 4.32. The number of amides is 1. The van der Waals surface area contributed by atoms with E-state index in [9.17, 15) is 4.79 Å². The fraction of sp³-hybridized carbons (Fsp3) is 0.444. The molecule has 1 amide bonds. The second kappa shape index (κ2) is 4.99. The molecule has 1 rings (SSSR count). The van der Waals surface area contributed by atoms with Crippen LogP contribution in [0.2, 0.25) is 0 Å². The van der Waals surface area contributed by atoms with Crippen LogP contribution in [-0.4, -0.2) is 11.9 Å². The predicted octanol–water partition coefficient (Wildman–Crippen LogP) is 1.81. The van der Waals surface area contributed by atoms with Crippen LogP contribution >= 0.6 is 11.3 Å². The number of thiophene rings is 1. The highest BCUT2D eigenvalue weighted by molar-refractivity contribution is 7.08. The Morgan fingerprint density at radius 1 is 1.77 bits per heavy atom. The molecule has 0 aliphatic carbocycles. The molecule has 1 aromatic rings. The molecule has 3 nitrogen and oxygen atoms in total. The van der Waals surface area contributed by atoms with Crippen molar-refractivity contribution < 1.29 is 4.79 Å². The standard InChI is InChI=1S/C9H14N2OS/c1-2-3-8(10)9(12)11-7-4-5-13-6-7/h4-6,8H,2-3,10H2,1H3,(H,11,12)/t8-/m0/s1. The Bertz CT molecular complexity index is 259. The number of carbonyl (C=O) groups excluding carboxylic acids is 1. The normalized spacial score (nSPS) is 12.5. The van der Waals surface area contributed by atoms with Crippen molar-refractivity contribution in [1.29, 1.82) is 0 Å². The van der Waals surface area contributed by atoms with Crippen molar-refractivity contribution in [2.24, 2.45) is 5.73 Å². The van der Waals surface area contributed by atoms with Gasteiger partial charge in [-0.2, -0.15) is 11.3 Å². The summed E-state index contributed by atoms with van der Waals surface area (Å²) in [6.45, 7) is 2.01. The Morgan fingerprint density at radius 3 is 3.08 bits per heavy atom. The molecule has 0 saturated carbocycles. The van der Waals surface area contributed by atoms with Crippen molar-refractivity contribution in [2.45, 2.75) is 25.8 Å². The minimum absolute atomic E-state index is 0.0970. The zero-order valence-corrected chi connectivity index (χ0v) is 8.43. The summed E-state index contributed by atoms with van der Waals surface area (Å²) in [6, 6.07) is 1.48. The molecule has 0 aliphatic rings. The van der Waals surface area contributed by atoms with E-state index in [0.717, 1.165) is 18.5 Å². The highest BCUT2D eigenvalue weighted by atomic mass is 32.1. The van der Waals surface area contributed by atoms with Crippen LogP contribution in [-0.2, 0) is 4.79 Å². The summed E-state index contributed by atoms with van der Waals surface area (Å²) in [5.74, 6) is -0.0970. The van der Waals surface area contributed by atoms with Gasteiger partial charge in [0.2, 0.25) is 5.91 Å². The highest BCUT2D eigenvalue weighted by Gasteiger charge is 2.11. The zero-order chi connectivity index (χ0) is 9.68. The first-order valence-corrected chi connectivity index (χ1v) is 5.27. The molecular weight excluding hydrogens is 184 g/mol. The molecule has 1 aromatic heterocycles. The molecular formula is C9H14N2OS.